The van der Waals surface area contributed by atoms with Crippen molar-refractivity contribution in [1.29, 1.82) is 0 Å². The van der Waals surface area contributed by atoms with Gasteiger partial charge >= 0.3 is 5.97 Å². The SMILES string of the molecule is CCOC(=O)c1ccc(-c2cc(N3CCN(c4ncccc4Cl)CC3C)nc(N3CCCC3C)n2)cc1. The van der Waals surface area contributed by atoms with Crippen molar-refractivity contribution >= 4 is 35.2 Å². The van der Waals surface area contributed by atoms with Gasteiger partial charge in [0.15, 0.2) is 0 Å². The van der Waals surface area contributed by atoms with Crippen molar-refractivity contribution < 1.29 is 9.53 Å². The third-order valence-corrected chi connectivity index (χ3v) is 7.46. The lowest BCUT2D eigenvalue weighted by atomic mass is 10.1. The van der Waals surface area contributed by atoms with Crippen LogP contribution in [0.2, 0.25) is 5.02 Å². The molecule has 5 rings (SSSR count). The van der Waals surface area contributed by atoms with Gasteiger partial charge in [-0.3, -0.25) is 0 Å². The second-order valence-electron chi connectivity index (χ2n) is 9.69. The molecule has 4 heterocycles. The van der Waals surface area contributed by atoms with Gasteiger partial charge in [0.2, 0.25) is 5.95 Å². The van der Waals surface area contributed by atoms with Gasteiger partial charge < -0.3 is 19.4 Å². The van der Waals surface area contributed by atoms with Crippen molar-refractivity contribution in [2.75, 3.05) is 47.5 Å². The Balaban J connectivity index is 1.45. The molecule has 2 aromatic heterocycles. The zero-order chi connectivity index (χ0) is 25.9. The Labute approximate surface area is 223 Å². The number of esters is 1. The molecule has 9 heteroatoms. The first kappa shape index (κ1) is 25.3. The van der Waals surface area contributed by atoms with Crippen LogP contribution >= 0.6 is 11.6 Å². The maximum Gasteiger partial charge on any atom is 0.338 e. The van der Waals surface area contributed by atoms with Gasteiger partial charge in [-0.25, -0.2) is 14.8 Å². The van der Waals surface area contributed by atoms with Crippen molar-refractivity contribution in [3.63, 3.8) is 0 Å². The first-order valence-electron chi connectivity index (χ1n) is 13.0. The van der Waals surface area contributed by atoms with Crippen LogP contribution in [-0.2, 0) is 4.74 Å². The van der Waals surface area contributed by atoms with Crippen molar-refractivity contribution in [2.45, 2.75) is 45.7 Å². The summed E-state index contributed by atoms with van der Waals surface area (Å²) in [6.45, 7) is 9.93. The Hall–Kier alpha value is -3.39. The molecule has 2 atom stereocenters. The van der Waals surface area contributed by atoms with Crippen LogP contribution in [0.5, 0.6) is 0 Å². The molecule has 2 saturated heterocycles. The number of ether oxygens (including phenoxy) is 1. The van der Waals surface area contributed by atoms with Crippen LogP contribution in [0, 0.1) is 0 Å². The monoisotopic (exact) mass is 520 g/mol. The van der Waals surface area contributed by atoms with Gasteiger partial charge in [0.05, 0.1) is 22.9 Å². The van der Waals surface area contributed by atoms with E-state index in [0.29, 0.717) is 23.2 Å². The van der Waals surface area contributed by atoms with Gasteiger partial charge in [0.25, 0.3) is 0 Å². The van der Waals surface area contributed by atoms with Gasteiger partial charge in [-0.05, 0) is 57.9 Å². The highest BCUT2D eigenvalue weighted by atomic mass is 35.5. The number of aromatic nitrogens is 3. The van der Waals surface area contributed by atoms with Crippen LogP contribution in [0.15, 0.2) is 48.7 Å². The van der Waals surface area contributed by atoms with Crippen molar-refractivity contribution in [1.82, 2.24) is 15.0 Å². The number of carbonyl (C=O) groups excluding carboxylic acids is 1. The number of halogens is 1. The molecule has 2 aliphatic rings. The second kappa shape index (κ2) is 10.9. The summed E-state index contributed by atoms with van der Waals surface area (Å²) in [5.41, 5.74) is 2.32. The van der Waals surface area contributed by atoms with Crippen molar-refractivity contribution in [2.24, 2.45) is 0 Å². The fraction of sp³-hybridized carbons (Fsp3) is 0.429. The molecule has 0 radical (unpaired) electrons. The summed E-state index contributed by atoms with van der Waals surface area (Å²) in [4.78, 5) is 33.5. The zero-order valence-corrected chi connectivity index (χ0v) is 22.4. The lowest BCUT2D eigenvalue weighted by molar-refractivity contribution is 0.0526. The standard InChI is InChI=1S/C28H33ClN6O2/c1-4-37-27(36)22-11-9-21(10-12-22)24-17-25(32-28(31-24)35-14-6-7-19(35)2)34-16-15-33(18-20(34)3)26-23(29)8-5-13-30-26/h5,8-13,17,19-20H,4,6-7,14-16,18H2,1-3H3. The highest BCUT2D eigenvalue weighted by Crippen LogP contribution is 2.32. The van der Waals surface area contributed by atoms with Crippen LogP contribution in [0.3, 0.4) is 0 Å². The normalized spacial score (nSPS) is 19.8. The van der Waals surface area contributed by atoms with Gasteiger partial charge in [-0.15, -0.1) is 0 Å². The summed E-state index contributed by atoms with van der Waals surface area (Å²) in [5, 5.41) is 0.670. The fourth-order valence-corrected chi connectivity index (χ4v) is 5.41. The largest absolute Gasteiger partial charge is 0.462 e. The maximum atomic E-state index is 12.1. The molecule has 0 bridgehead atoms. The summed E-state index contributed by atoms with van der Waals surface area (Å²) in [7, 11) is 0. The van der Waals surface area contributed by atoms with E-state index < -0.39 is 0 Å². The number of nitrogens with zero attached hydrogens (tertiary/aromatic N) is 6. The van der Waals surface area contributed by atoms with Gasteiger partial charge in [-0.2, -0.15) is 4.98 Å². The third kappa shape index (κ3) is 5.34. The molecule has 0 aliphatic carbocycles. The van der Waals surface area contributed by atoms with E-state index in [4.69, 9.17) is 26.3 Å². The zero-order valence-electron chi connectivity index (χ0n) is 21.6. The molecular formula is C28H33ClN6O2. The summed E-state index contributed by atoms with van der Waals surface area (Å²) in [6.07, 6.45) is 4.06. The molecule has 2 unspecified atom stereocenters. The molecule has 3 aromatic rings. The molecule has 194 valence electrons. The Bertz CT molecular complexity index is 1250. The molecule has 0 spiro atoms. The van der Waals surface area contributed by atoms with E-state index in [-0.39, 0.29) is 12.0 Å². The number of hydrogen-bond acceptors (Lipinski definition) is 8. The second-order valence-corrected chi connectivity index (χ2v) is 10.1. The number of hydrogen-bond donors (Lipinski definition) is 0. The minimum Gasteiger partial charge on any atom is -0.462 e. The Kier molecular flexibility index (Phi) is 7.46. The summed E-state index contributed by atoms with van der Waals surface area (Å²) in [5.74, 6) is 2.18. The lowest BCUT2D eigenvalue weighted by Crippen LogP contribution is -2.52. The molecule has 0 N–H and O–H groups in total. The van der Waals surface area contributed by atoms with Crippen LogP contribution < -0.4 is 14.7 Å². The smallest absolute Gasteiger partial charge is 0.338 e. The van der Waals surface area contributed by atoms with Crippen LogP contribution in [0.4, 0.5) is 17.6 Å². The van der Waals surface area contributed by atoms with Crippen LogP contribution in [-0.4, -0.2) is 65.8 Å². The van der Waals surface area contributed by atoms with Crippen LogP contribution in [0.25, 0.3) is 11.3 Å². The minimum atomic E-state index is -0.316. The molecule has 2 fully saturated rings. The highest BCUT2D eigenvalue weighted by molar-refractivity contribution is 6.32. The molecule has 2 aliphatic heterocycles. The Morgan fingerprint density at radius 1 is 1.05 bits per heavy atom. The third-order valence-electron chi connectivity index (χ3n) is 7.16. The number of benzene rings is 1. The highest BCUT2D eigenvalue weighted by Gasteiger charge is 2.29. The van der Waals surface area contributed by atoms with E-state index in [9.17, 15) is 4.79 Å². The number of rotatable bonds is 6. The number of pyridine rings is 1. The maximum absolute atomic E-state index is 12.1. The molecule has 0 amide bonds. The van der Waals surface area contributed by atoms with E-state index in [2.05, 4.69) is 39.6 Å². The van der Waals surface area contributed by atoms with Gasteiger partial charge in [0, 0.05) is 56.1 Å². The summed E-state index contributed by atoms with van der Waals surface area (Å²) in [6, 6.07) is 13.8. The minimum absolute atomic E-state index is 0.199. The van der Waals surface area contributed by atoms with Gasteiger partial charge in [0.1, 0.15) is 11.6 Å². The summed E-state index contributed by atoms with van der Waals surface area (Å²) >= 11 is 6.43. The average Bonchev–Trinajstić information content (AvgIpc) is 3.34. The lowest BCUT2D eigenvalue weighted by Gasteiger charge is -2.41. The number of carbonyl (C=O) groups is 1. The molecule has 37 heavy (non-hydrogen) atoms. The van der Waals surface area contributed by atoms with Crippen molar-refractivity contribution in [3.05, 3.63) is 59.2 Å². The molecule has 0 saturated carbocycles. The van der Waals surface area contributed by atoms with Crippen molar-refractivity contribution in [3.8, 4) is 11.3 Å². The Morgan fingerprint density at radius 3 is 2.54 bits per heavy atom. The number of anilines is 3. The average molecular weight is 521 g/mol. The van der Waals surface area contributed by atoms with E-state index in [1.165, 1.54) is 0 Å². The fourth-order valence-electron chi connectivity index (χ4n) is 5.17. The predicted molar refractivity (Wildman–Crippen MR) is 148 cm³/mol. The van der Waals surface area contributed by atoms with E-state index in [1.54, 1.807) is 25.3 Å². The molecule has 8 nitrogen and oxygen atoms in total. The first-order valence-corrected chi connectivity index (χ1v) is 13.4. The van der Waals surface area contributed by atoms with Gasteiger partial charge in [-0.1, -0.05) is 23.7 Å². The first-order chi connectivity index (χ1) is 17.9. The van der Waals surface area contributed by atoms with Crippen LogP contribution in [0.1, 0.15) is 44.0 Å². The Morgan fingerprint density at radius 2 is 1.86 bits per heavy atom. The quantitative estimate of drug-likeness (QED) is 0.417. The molecular weight excluding hydrogens is 488 g/mol. The summed E-state index contributed by atoms with van der Waals surface area (Å²) < 4.78 is 5.14. The predicted octanol–water partition coefficient (Wildman–Crippen LogP) is 5.07. The number of piperazine rings is 1. The van der Waals surface area contributed by atoms with E-state index in [1.807, 2.05) is 24.3 Å². The topological polar surface area (TPSA) is 74.7 Å². The van der Waals surface area contributed by atoms with E-state index in [0.717, 1.165) is 67.9 Å². The van der Waals surface area contributed by atoms with E-state index >= 15 is 0 Å². The molecule has 1 aromatic carbocycles.